The Kier molecular flexibility index (Phi) is 3.56. The first-order chi connectivity index (χ1) is 8.47. The first kappa shape index (κ1) is 12.9. The van der Waals surface area contributed by atoms with Crippen LogP contribution in [0.2, 0.25) is 0 Å². The highest BCUT2D eigenvalue weighted by molar-refractivity contribution is 8.14. The Hall–Kier alpha value is -1.56. The summed E-state index contributed by atoms with van der Waals surface area (Å²) in [5.41, 5.74) is 0.450. The molecule has 1 aromatic rings. The number of rotatable bonds is 2. The lowest BCUT2D eigenvalue weighted by Crippen LogP contribution is -2.24. The molecule has 6 heteroatoms. The number of amides is 1. The van der Waals surface area contributed by atoms with Crippen LogP contribution in [0.15, 0.2) is 18.2 Å². The highest BCUT2D eigenvalue weighted by Crippen LogP contribution is 2.31. The van der Waals surface area contributed by atoms with E-state index in [1.165, 1.54) is 24.0 Å². The molecule has 1 N–H and O–H groups in total. The molecule has 18 heavy (non-hydrogen) atoms. The molecule has 1 atom stereocenters. The van der Waals surface area contributed by atoms with Gasteiger partial charge in [0.05, 0.1) is 0 Å². The Morgan fingerprint density at radius 2 is 2.28 bits per heavy atom. The van der Waals surface area contributed by atoms with Crippen molar-refractivity contribution in [1.82, 2.24) is 0 Å². The minimum absolute atomic E-state index is 0.0309. The van der Waals surface area contributed by atoms with Crippen LogP contribution in [0.25, 0.3) is 0 Å². The summed E-state index contributed by atoms with van der Waals surface area (Å²) in [6.07, 6.45) is 0.280. The van der Waals surface area contributed by atoms with Crippen molar-refractivity contribution >= 4 is 28.5 Å². The largest absolute Gasteiger partial charge is 0.505 e. The first-order valence-electron chi connectivity index (χ1n) is 5.43. The molecule has 0 spiro atoms. The van der Waals surface area contributed by atoms with E-state index in [1.54, 1.807) is 0 Å². The van der Waals surface area contributed by atoms with Gasteiger partial charge < -0.3 is 10.0 Å². The summed E-state index contributed by atoms with van der Waals surface area (Å²) in [4.78, 5) is 24.2. The Bertz CT molecular complexity index is 506. The number of nitrogens with zero attached hydrogens (tertiary/aromatic N) is 1. The van der Waals surface area contributed by atoms with Crippen molar-refractivity contribution in [2.45, 2.75) is 18.6 Å². The highest BCUT2D eigenvalue weighted by atomic mass is 32.2. The standard InChI is InChI=1S/C12H12FNO3S/c1-7(15)18-9-5-12(17)14(6-9)8-2-3-10(13)11(16)4-8/h2-4,9,16H,5-6H2,1H3. The summed E-state index contributed by atoms with van der Waals surface area (Å²) in [6.45, 7) is 1.86. The van der Waals surface area contributed by atoms with Crippen molar-refractivity contribution < 1.29 is 19.1 Å². The second-order valence-corrected chi connectivity index (χ2v) is 5.55. The van der Waals surface area contributed by atoms with Crippen LogP contribution in [0, 0.1) is 5.82 Å². The fourth-order valence-corrected chi connectivity index (χ4v) is 2.83. The zero-order valence-electron chi connectivity index (χ0n) is 9.72. The normalized spacial score (nSPS) is 19.3. The van der Waals surface area contributed by atoms with E-state index in [-0.39, 0.29) is 22.7 Å². The van der Waals surface area contributed by atoms with E-state index in [4.69, 9.17) is 0 Å². The molecule has 1 unspecified atom stereocenters. The maximum absolute atomic E-state index is 12.9. The Morgan fingerprint density at radius 3 is 2.89 bits per heavy atom. The number of phenols is 1. The third-order valence-electron chi connectivity index (χ3n) is 2.66. The fraction of sp³-hybridized carbons (Fsp3) is 0.333. The molecular formula is C12H12FNO3S. The van der Waals surface area contributed by atoms with E-state index in [0.29, 0.717) is 12.2 Å². The number of hydrogen-bond acceptors (Lipinski definition) is 4. The molecule has 1 aliphatic heterocycles. The van der Waals surface area contributed by atoms with Crippen molar-refractivity contribution in [3.63, 3.8) is 0 Å². The van der Waals surface area contributed by atoms with Gasteiger partial charge in [-0.05, 0) is 12.1 Å². The molecule has 1 aliphatic rings. The predicted molar refractivity (Wildman–Crippen MR) is 67.1 cm³/mol. The monoisotopic (exact) mass is 269 g/mol. The molecular weight excluding hydrogens is 257 g/mol. The fourth-order valence-electron chi connectivity index (χ4n) is 1.91. The van der Waals surface area contributed by atoms with Gasteiger partial charge in [-0.1, -0.05) is 11.8 Å². The zero-order chi connectivity index (χ0) is 13.3. The van der Waals surface area contributed by atoms with Crippen molar-refractivity contribution in [2.75, 3.05) is 11.4 Å². The number of anilines is 1. The summed E-state index contributed by atoms with van der Waals surface area (Å²) >= 11 is 1.13. The van der Waals surface area contributed by atoms with E-state index < -0.39 is 11.6 Å². The summed E-state index contributed by atoms with van der Waals surface area (Å²) in [7, 11) is 0. The molecule has 96 valence electrons. The Morgan fingerprint density at radius 1 is 1.56 bits per heavy atom. The van der Waals surface area contributed by atoms with Gasteiger partial charge in [0.1, 0.15) is 0 Å². The smallest absolute Gasteiger partial charge is 0.228 e. The second-order valence-electron chi connectivity index (χ2n) is 4.08. The minimum atomic E-state index is -0.722. The predicted octanol–water partition coefficient (Wildman–Crippen LogP) is 1.92. The van der Waals surface area contributed by atoms with Crippen LogP contribution < -0.4 is 4.90 Å². The third-order valence-corrected chi connectivity index (χ3v) is 3.64. The first-order valence-corrected chi connectivity index (χ1v) is 6.31. The van der Waals surface area contributed by atoms with E-state index in [1.807, 2.05) is 0 Å². The van der Waals surface area contributed by atoms with Gasteiger partial charge in [-0.2, -0.15) is 0 Å². The lowest BCUT2D eigenvalue weighted by molar-refractivity contribution is -0.117. The van der Waals surface area contributed by atoms with E-state index >= 15 is 0 Å². The summed E-state index contributed by atoms with van der Waals surface area (Å²) in [6, 6.07) is 3.77. The Balaban J connectivity index is 2.16. The van der Waals surface area contributed by atoms with Gasteiger partial charge in [-0.25, -0.2) is 4.39 Å². The number of halogens is 1. The van der Waals surface area contributed by atoms with Crippen LogP contribution in [-0.4, -0.2) is 27.9 Å². The zero-order valence-corrected chi connectivity index (χ0v) is 10.5. The molecule has 0 radical (unpaired) electrons. The van der Waals surface area contributed by atoms with Crippen LogP contribution in [-0.2, 0) is 9.59 Å². The van der Waals surface area contributed by atoms with Crippen LogP contribution >= 0.6 is 11.8 Å². The van der Waals surface area contributed by atoms with E-state index in [9.17, 15) is 19.1 Å². The molecule has 1 amide bonds. The number of carbonyl (C=O) groups is 2. The summed E-state index contributed by atoms with van der Waals surface area (Å²) < 4.78 is 12.9. The Labute approximate surface area is 108 Å². The summed E-state index contributed by atoms with van der Waals surface area (Å²) in [5, 5.41) is 9.17. The maximum Gasteiger partial charge on any atom is 0.228 e. The molecule has 0 aliphatic carbocycles. The quantitative estimate of drug-likeness (QED) is 0.891. The number of phenolic OH excluding ortho intramolecular Hbond substituents is 1. The van der Waals surface area contributed by atoms with Gasteiger partial charge in [0.25, 0.3) is 0 Å². The average molecular weight is 269 g/mol. The molecule has 0 bridgehead atoms. The third kappa shape index (κ3) is 2.64. The van der Waals surface area contributed by atoms with Crippen molar-refractivity contribution in [3.05, 3.63) is 24.0 Å². The molecule has 0 saturated carbocycles. The number of hydrogen-bond donors (Lipinski definition) is 1. The molecule has 0 aromatic heterocycles. The molecule has 1 fully saturated rings. The van der Waals surface area contributed by atoms with Gasteiger partial charge in [0.15, 0.2) is 16.7 Å². The number of aromatic hydroxyl groups is 1. The summed E-state index contributed by atoms with van der Waals surface area (Å²) in [5.74, 6) is -1.33. The van der Waals surface area contributed by atoms with E-state index in [2.05, 4.69) is 0 Å². The SMILES string of the molecule is CC(=O)SC1CC(=O)N(c2ccc(F)c(O)c2)C1. The lowest BCUT2D eigenvalue weighted by atomic mass is 10.2. The van der Waals surface area contributed by atoms with Crippen LogP contribution in [0.4, 0.5) is 10.1 Å². The number of carbonyl (C=O) groups excluding carboxylic acids is 2. The van der Waals surface area contributed by atoms with Crippen LogP contribution in [0.5, 0.6) is 5.75 Å². The van der Waals surface area contributed by atoms with Gasteiger partial charge >= 0.3 is 0 Å². The van der Waals surface area contributed by atoms with Gasteiger partial charge in [0, 0.05) is 36.9 Å². The lowest BCUT2D eigenvalue weighted by Gasteiger charge is -2.16. The molecule has 1 aromatic carbocycles. The second kappa shape index (κ2) is 4.97. The molecule has 2 rings (SSSR count). The number of benzene rings is 1. The number of thioether (sulfide) groups is 1. The maximum atomic E-state index is 12.9. The van der Waals surface area contributed by atoms with Gasteiger partial charge in [-0.15, -0.1) is 0 Å². The van der Waals surface area contributed by atoms with Crippen molar-refractivity contribution in [3.8, 4) is 5.75 Å². The molecule has 1 saturated heterocycles. The van der Waals surface area contributed by atoms with Crippen molar-refractivity contribution in [1.29, 1.82) is 0 Å². The topological polar surface area (TPSA) is 57.6 Å². The minimum Gasteiger partial charge on any atom is -0.505 e. The molecule has 4 nitrogen and oxygen atoms in total. The van der Waals surface area contributed by atoms with Crippen molar-refractivity contribution in [2.24, 2.45) is 0 Å². The highest BCUT2D eigenvalue weighted by Gasteiger charge is 2.32. The molecule has 1 heterocycles. The average Bonchev–Trinajstić information content (AvgIpc) is 2.62. The van der Waals surface area contributed by atoms with Crippen LogP contribution in [0.1, 0.15) is 13.3 Å². The van der Waals surface area contributed by atoms with Gasteiger partial charge in [0.2, 0.25) is 5.91 Å². The van der Waals surface area contributed by atoms with Gasteiger partial charge in [-0.3, -0.25) is 9.59 Å². The van der Waals surface area contributed by atoms with E-state index in [0.717, 1.165) is 17.8 Å². The van der Waals surface area contributed by atoms with Crippen LogP contribution in [0.3, 0.4) is 0 Å².